The molecular formula is C12H20N2O3. The molecular weight excluding hydrogens is 220 g/mol. The topological polar surface area (TPSA) is 56.5 Å². The fourth-order valence-corrected chi connectivity index (χ4v) is 2.17. The van der Waals surface area contributed by atoms with E-state index in [0.29, 0.717) is 12.5 Å². The number of hydrogen-bond acceptors (Lipinski definition) is 5. The van der Waals surface area contributed by atoms with Gasteiger partial charge in [0.15, 0.2) is 6.39 Å². The number of oxazole rings is 1. The second-order valence-corrected chi connectivity index (χ2v) is 4.30. The maximum absolute atomic E-state index is 5.56. The number of ether oxygens (including phenoxy) is 2. The van der Waals surface area contributed by atoms with Gasteiger partial charge in [-0.3, -0.25) is 0 Å². The van der Waals surface area contributed by atoms with Crippen LogP contribution in [0.4, 0.5) is 0 Å². The highest BCUT2D eigenvalue weighted by Crippen LogP contribution is 2.32. The normalized spacial score (nSPS) is 24.4. The summed E-state index contributed by atoms with van der Waals surface area (Å²) in [5, 5.41) is 3.28. The third-order valence-electron chi connectivity index (χ3n) is 3.16. The lowest BCUT2D eigenvalue weighted by molar-refractivity contribution is 0.115. The summed E-state index contributed by atoms with van der Waals surface area (Å²) in [6, 6.07) is 0. The average molecular weight is 240 g/mol. The molecule has 17 heavy (non-hydrogen) atoms. The van der Waals surface area contributed by atoms with Crippen molar-refractivity contribution >= 4 is 0 Å². The van der Waals surface area contributed by atoms with E-state index < -0.39 is 0 Å². The van der Waals surface area contributed by atoms with Gasteiger partial charge in [-0.05, 0) is 13.3 Å². The molecule has 0 aliphatic carbocycles. The maximum atomic E-state index is 5.56. The maximum Gasteiger partial charge on any atom is 0.181 e. The Morgan fingerprint density at radius 1 is 1.59 bits per heavy atom. The van der Waals surface area contributed by atoms with E-state index in [9.17, 15) is 0 Å². The zero-order valence-corrected chi connectivity index (χ0v) is 10.4. The molecule has 1 aromatic rings. The van der Waals surface area contributed by atoms with Crippen molar-refractivity contribution < 1.29 is 13.9 Å². The SMILES string of the molecule is COCCNCc1ncoc1C1CCOC1C. The van der Waals surface area contributed by atoms with Crippen molar-refractivity contribution in [3.63, 3.8) is 0 Å². The monoisotopic (exact) mass is 240 g/mol. The van der Waals surface area contributed by atoms with Crippen LogP contribution in [0.5, 0.6) is 0 Å². The predicted molar refractivity (Wildman–Crippen MR) is 62.9 cm³/mol. The van der Waals surface area contributed by atoms with Crippen LogP contribution in [0.15, 0.2) is 10.8 Å². The lowest BCUT2D eigenvalue weighted by atomic mass is 9.98. The van der Waals surface area contributed by atoms with Crippen LogP contribution in [0.25, 0.3) is 0 Å². The first-order valence-corrected chi connectivity index (χ1v) is 6.06. The zero-order valence-electron chi connectivity index (χ0n) is 10.4. The van der Waals surface area contributed by atoms with Crippen LogP contribution in [0.1, 0.15) is 30.7 Å². The second-order valence-electron chi connectivity index (χ2n) is 4.30. The van der Waals surface area contributed by atoms with Crippen molar-refractivity contribution in [2.75, 3.05) is 26.9 Å². The van der Waals surface area contributed by atoms with E-state index in [2.05, 4.69) is 17.2 Å². The van der Waals surface area contributed by atoms with Crippen molar-refractivity contribution in [1.29, 1.82) is 0 Å². The number of methoxy groups -OCH3 is 1. The summed E-state index contributed by atoms with van der Waals surface area (Å²) < 4.78 is 16.1. The van der Waals surface area contributed by atoms with Crippen LogP contribution in [-0.2, 0) is 16.0 Å². The highest BCUT2D eigenvalue weighted by molar-refractivity contribution is 5.15. The Morgan fingerprint density at radius 2 is 2.47 bits per heavy atom. The first kappa shape index (κ1) is 12.5. The molecule has 5 heteroatoms. The van der Waals surface area contributed by atoms with Gasteiger partial charge in [-0.15, -0.1) is 0 Å². The Kier molecular flexibility index (Phi) is 4.53. The minimum atomic E-state index is 0.223. The molecule has 1 aliphatic rings. The van der Waals surface area contributed by atoms with E-state index >= 15 is 0 Å². The van der Waals surface area contributed by atoms with Gasteiger partial charge >= 0.3 is 0 Å². The van der Waals surface area contributed by atoms with E-state index in [4.69, 9.17) is 13.9 Å². The Labute approximate surface area is 102 Å². The number of aromatic nitrogens is 1. The third kappa shape index (κ3) is 3.06. The van der Waals surface area contributed by atoms with Crippen LogP contribution < -0.4 is 5.32 Å². The Balaban J connectivity index is 1.92. The quantitative estimate of drug-likeness (QED) is 0.760. The molecule has 1 N–H and O–H groups in total. The smallest absolute Gasteiger partial charge is 0.181 e. The van der Waals surface area contributed by atoms with Crippen molar-refractivity contribution in [3.05, 3.63) is 17.8 Å². The Morgan fingerprint density at radius 3 is 3.18 bits per heavy atom. The second kappa shape index (κ2) is 6.14. The number of hydrogen-bond donors (Lipinski definition) is 1. The van der Waals surface area contributed by atoms with E-state index in [1.54, 1.807) is 7.11 Å². The molecule has 0 bridgehead atoms. The van der Waals surface area contributed by atoms with Gasteiger partial charge in [0.2, 0.25) is 0 Å². The van der Waals surface area contributed by atoms with Crippen LogP contribution in [0, 0.1) is 0 Å². The van der Waals surface area contributed by atoms with Gasteiger partial charge < -0.3 is 19.2 Å². The fourth-order valence-electron chi connectivity index (χ4n) is 2.17. The van der Waals surface area contributed by atoms with Gasteiger partial charge in [0.05, 0.1) is 18.4 Å². The molecule has 1 aromatic heterocycles. The summed E-state index contributed by atoms with van der Waals surface area (Å²) in [4.78, 5) is 4.27. The van der Waals surface area contributed by atoms with Gasteiger partial charge in [0, 0.05) is 32.7 Å². The standard InChI is InChI=1S/C12H20N2O3/c1-9-10(3-5-16-9)12-11(14-8-17-12)7-13-4-6-15-2/h8-10,13H,3-7H2,1-2H3. The van der Waals surface area contributed by atoms with Crippen molar-refractivity contribution in [2.45, 2.75) is 31.9 Å². The highest BCUT2D eigenvalue weighted by Gasteiger charge is 2.30. The fraction of sp³-hybridized carbons (Fsp3) is 0.750. The molecule has 0 spiro atoms. The molecule has 0 radical (unpaired) electrons. The molecule has 0 saturated carbocycles. The van der Waals surface area contributed by atoms with E-state index in [-0.39, 0.29) is 6.10 Å². The van der Waals surface area contributed by atoms with Gasteiger partial charge in [0.1, 0.15) is 5.76 Å². The van der Waals surface area contributed by atoms with Crippen LogP contribution in [0.2, 0.25) is 0 Å². The first-order valence-electron chi connectivity index (χ1n) is 6.06. The van der Waals surface area contributed by atoms with Crippen LogP contribution in [-0.4, -0.2) is 38.0 Å². The van der Waals surface area contributed by atoms with Crippen LogP contribution >= 0.6 is 0 Å². The predicted octanol–water partition coefficient (Wildman–Crippen LogP) is 1.30. The highest BCUT2D eigenvalue weighted by atomic mass is 16.5. The molecule has 2 rings (SSSR count). The molecule has 0 amide bonds. The van der Waals surface area contributed by atoms with Crippen molar-refractivity contribution in [3.8, 4) is 0 Å². The number of nitrogens with one attached hydrogen (secondary N) is 1. The molecule has 1 aliphatic heterocycles. The molecule has 0 aromatic carbocycles. The summed E-state index contributed by atoms with van der Waals surface area (Å²) in [7, 11) is 1.70. The summed E-state index contributed by atoms with van der Waals surface area (Å²) >= 11 is 0. The zero-order chi connectivity index (χ0) is 12.1. The average Bonchev–Trinajstić information content (AvgIpc) is 2.93. The largest absolute Gasteiger partial charge is 0.448 e. The van der Waals surface area contributed by atoms with E-state index in [1.165, 1.54) is 6.39 Å². The number of rotatable bonds is 6. The third-order valence-corrected chi connectivity index (χ3v) is 3.16. The molecule has 2 unspecified atom stereocenters. The summed E-state index contributed by atoms with van der Waals surface area (Å²) in [6.07, 6.45) is 2.76. The molecule has 5 nitrogen and oxygen atoms in total. The van der Waals surface area contributed by atoms with Gasteiger partial charge in [-0.25, -0.2) is 4.98 Å². The molecule has 1 saturated heterocycles. The summed E-state index contributed by atoms with van der Waals surface area (Å²) in [6.45, 7) is 5.14. The lowest BCUT2D eigenvalue weighted by Crippen LogP contribution is -2.20. The molecule has 1 fully saturated rings. The minimum Gasteiger partial charge on any atom is -0.448 e. The first-order chi connectivity index (χ1) is 8.33. The van der Waals surface area contributed by atoms with E-state index in [0.717, 1.165) is 37.6 Å². The minimum absolute atomic E-state index is 0.223. The van der Waals surface area contributed by atoms with Gasteiger partial charge in [-0.1, -0.05) is 0 Å². The van der Waals surface area contributed by atoms with E-state index in [1.807, 2.05) is 0 Å². The van der Waals surface area contributed by atoms with Crippen molar-refractivity contribution in [1.82, 2.24) is 10.3 Å². The number of nitrogens with zero attached hydrogens (tertiary/aromatic N) is 1. The summed E-state index contributed by atoms with van der Waals surface area (Å²) in [5.74, 6) is 1.32. The summed E-state index contributed by atoms with van der Waals surface area (Å²) in [5.41, 5.74) is 0.989. The van der Waals surface area contributed by atoms with Crippen molar-refractivity contribution in [2.24, 2.45) is 0 Å². The van der Waals surface area contributed by atoms with Gasteiger partial charge in [-0.2, -0.15) is 0 Å². The Bertz CT molecular complexity index is 340. The molecule has 2 heterocycles. The van der Waals surface area contributed by atoms with Crippen LogP contribution in [0.3, 0.4) is 0 Å². The van der Waals surface area contributed by atoms with Gasteiger partial charge in [0.25, 0.3) is 0 Å². The Hall–Kier alpha value is -0.910. The lowest BCUT2D eigenvalue weighted by Gasteiger charge is -2.12. The molecule has 2 atom stereocenters. The molecule has 96 valence electrons.